The number of hydrogen-bond donors (Lipinski definition) is 0. The van der Waals surface area contributed by atoms with Gasteiger partial charge >= 0.3 is 0 Å². The number of aromatic nitrogens is 2. The quantitative estimate of drug-likeness (QED) is 0.656. The van der Waals surface area contributed by atoms with Crippen molar-refractivity contribution in [2.75, 3.05) is 7.11 Å². The fourth-order valence-electron chi connectivity index (χ4n) is 0.769. The van der Waals surface area contributed by atoms with E-state index in [0.717, 1.165) is 0 Å². The minimum atomic E-state index is -2.54. The van der Waals surface area contributed by atoms with E-state index < -0.39 is 6.43 Å². The van der Waals surface area contributed by atoms with E-state index in [1.54, 1.807) is 7.05 Å². The number of alkyl halides is 2. The molecule has 0 atom stereocenters. The predicted molar refractivity (Wildman–Crippen MR) is 34.7 cm³/mol. The van der Waals surface area contributed by atoms with Crippen molar-refractivity contribution in [3.63, 3.8) is 0 Å². The van der Waals surface area contributed by atoms with Crippen LogP contribution in [-0.2, 0) is 7.05 Å². The predicted octanol–water partition coefficient (Wildman–Crippen LogP) is 1.37. The standard InChI is InChI=1S/C6H8F2N2O/c1-10-5(11-2)3-4(9-10)6(7)8/h3,6H,1-2H3. The normalized spacial score (nSPS) is 10.6. The molecule has 0 saturated heterocycles. The van der Waals surface area contributed by atoms with Gasteiger partial charge in [0.25, 0.3) is 6.43 Å². The molecule has 0 N–H and O–H groups in total. The van der Waals surface area contributed by atoms with Gasteiger partial charge < -0.3 is 4.74 Å². The van der Waals surface area contributed by atoms with Gasteiger partial charge in [-0.3, -0.25) is 0 Å². The molecule has 1 aromatic rings. The molecule has 1 rings (SSSR count). The highest BCUT2D eigenvalue weighted by Crippen LogP contribution is 2.20. The molecule has 62 valence electrons. The molecular weight excluding hydrogens is 154 g/mol. The summed E-state index contributed by atoms with van der Waals surface area (Å²) in [6.07, 6.45) is -2.54. The molecule has 5 heteroatoms. The molecule has 0 bridgehead atoms. The molecule has 1 aromatic heterocycles. The van der Waals surface area contributed by atoms with Crippen LogP contribution in [0.1, 0.15) is 12.1 Å². The number of rotatable bonds is 2. The van der Waals surface area contributed by atoms with Crippen molar-refractivity contribution in [2.45, 2.75) is 6.43 Å². The lowest BCUT2D eigenvalue weighted by Gasteiger charge is -1.95. The lowest BCUT2D eigenvalue weighted by Crippen LogP contribution is -1.95. The van der Waals surface area contributed by atoms with Crippen LogP contribution in [-0.4, -0.2) is 16.9 Å². The maximum atomic E-state index is 12.0. The highest BCUT2D eigenvalue weighted by Gasteiger charge is 2.13. The first kappa shape index (κ1) is 7.97. The van der Waals surface area contributed by atoms with Gasteiger partial charge in [-0.25, -0.2) is 13.5 Å². The third kappa shape index (κ3) is 1.47. The second kappa shape index (κ2) is 2.86. The summed E-state index contributed by atoms with van der Waals surface area (Å²) in [6, 6.07) is 1.21. The van der Waals surface area contributed by atoms with E-state index >= 15 is 0 Å². The van der Waals surface area contributed by atoms with Gasteiger partial charge in [0.15, 0.2) is 0 Å². The van der Waals surface area contributed by atoms with Crippen molar-refractivity contribution >= 4 is 0 Å². The first-order valence-corrected chi connectivity index (χ1v) is 3.01. The Morgan fingerprint density at radius 2 is 2.27 bits per heavy atom. The molecule has 1 heterocycles. The molecule has 11 heavy (non-hydrogen) atoms. The SMILES string of the molecule is COc1cc(C(F)F)nn1C. The highest BCUT2D eigenvalue weighted by molar-refractivity contribution is 5.16. The second-order valence-corrected chi connectivity index (χ2v) is 2.04. The second-order valence-electron chi connectivity index (χ2n) is 2.04. The fourth-order valence-corrected chi connectivity index (χ4v) is 0.769. The number of aryl methyl sites for hydroxylation is 1. The Morgan fingerprint density at radius 3 is 2.55 bits per heavy atom. The average molecular weight is 162 g/mol. The highest BCUT2D eigenvalue weighted by atomic mass is 19.3. The van der Waals surface area contributed by atoms with Crippen LogP contribution in [0.2, 0.25) is 0 Å². The van der Waals surface area contributed by atoms with Crippen LogP contribution in [0.25, 0.3) is 0 Å². The summed E-state index contributed by atoms with van der Waals surface area (Å²) < 4.78 is 29.9. The van der Waals surface area contributed by atoms with Gasteiger partial charge in [-0.2, -0.15) is 5.10 Å². The van der Waals surface area contributed by atoms with Crippen LogP contribution in [0.4, 0.5) is 8.78 Å². The lowest BCUT2D eigenvalue weighted by molar-refractivity contribution is 0.145. The van der Waals surface area contributed by atoms with E-state index in [9.17, 15) is 8.78 Å². The number of nitrogens with zero attached hydrogens (tertiary/aromatic N) is 2. The largest absolute Gasteiger partial charge is 0.481 e. The monoisotopic (exact) mass is 162 g/mol. The number of methoxy groups -OCH3 is 1. The minimum Gasteiger partial charge on any atom is -0.481 e. The van der Waals surface area contributed by atoms with Crippen LogP contribution in [0.15, 0.2) is 6.07 Å². The molecule has 0 unspecified atom stereocenters. The number of hydrogen-bond acceptors (Lipinski definition) is 2. The van der Waals surface area contributed by atoms with Crippen LogP contribution < -0.4 is 4.74 Å². The molecule has 0 fully saturated rings. The Labute approximate surface area is 62.6 Å². The fraction of sp³-hybridized carbons (Fsp3) is 0.500. The topological polar surface area (TPSA) is 27.1 Å². The third-order valence-corrected chi connectivity index (χ3v) is 1.29. The molecule has 3 nitrogen and oxygen atoms in total. The Morgan fingerprint density at radius 1 is 1.64 bits per heavy atom. The van der Waals surface area contributed by atoms with E-state index in [1.165, 1.54) is 17.9 Å². The number of halogens is 2. The molecule has 0 aliphatic rings. The summed E-state index contributed by atoms with van der Waals surface area (Å²) in [6.45, 7) is 0. The molecule has 0 aromatic carbocycles. The maximum Gasteiger partial charge on any atom is 0.282 e. The van der Waals surface area contributed by atoms with Crippen LogP contribution >= 0.6 is 0 Å². The first-order valence-electron chi connectivity index (χ1n) is 3.01. The van der Waals surface area contributed by atoms with Gasteiger partial charge in [0.1, 0.15) is 5.69 Å². The van der Waals surface area contributed by atoms with Crippen molar-refractivity contribution in [1.82, 2.24) is 9.78 Å². The summed E-state index contributed by atoms with van der Waals surface area (Å²) >= 11 is 0. The Bertz CT molecular complexity index is 247. The van der Waals surface area contributed by atoms with Crippen LogP contribution in [0.3, 0.4) is 0 Å². The van der Waals surface area contributed by atoms with Gasteiger partial charge in [0.05, 0.1) is 7.11 Å². The summed E-state index contributed by atoms with van der Waals surface area (Å²) in [4.78, 5) is 0. The van der Waals surface area contributed by atoms with Crippen molar-refractivity contribution in [1.29, 1.82) is 0 Å². The molecule has 0 aliphatic carbocycles. The lowest BCUT2D eigenvalue weighted by atomic mass is 10.4. The maximum absolute atomic E-state index is 12.0. The summed E-state index contributed by atoms with van der Waals surface area (Å²) in [5.74, 6) is 0.334. The van der Waals surface area contributed by atoms with Gasteiger partial charge in [0, 0.05) is 13.1 Å². The molecule has 0 aliphatic heterocycles. The van der Waals surface area contributed by atoms with E-state index in [2.05, 4.69) is 5.10 Å². The van der Waals surface area contributed by atoms with E-state index in [-0.39, 0.29) is 5.69 Å². The molecular formula is C6H8F2N2O. The van der Waals surface area contributed by atoms with Crippen molar-refractivity contribution in [2.24, 2.45) is 7.05 Å². The van der Waals surface area contributed by atoms with E-state index in [1.807, 2.05) is 0 Å². The average Bonchev–Trinajstić information content (AvgIpc) is 2.31. The van der Waals surface area contributed by atoms with Gasteiger partial charge in [-0.1, -0.05) is 0 Å². The summed E-state index contributed by atoms with van der Waals surface area (Å²) in [7, 11) is 2.96. The zero-order valence-electron chi connectivity index (χ0n) is 6.21. The minimum absolute atomic E-state index is 0.260. The number of ether oxygens (including phenoxy) is 1. The van der Waals surface area contributed by atoms with Crippen LogP contribution in [0, 0.1) is 0 Å². The first-order chi connectivity index (χ1) is 5.15. The van der Waals surface area contributed by atoms with E-state index in [0.29, 0.717) is 5.88 Å². The Balaban J connectivity index is 2.95. The van der Waals surface area contributed by atoms with Crippen molar-refractivity contribution in [3.05, 3.63) is 11.8 Å². The van der Waals surface area contributed by atoms with Crippen molar-refractivity contribution < 1.29 is 13.5 Å². The molecule has 0 spiro atoms. The Hall–Kier alpha value is -1.13. The van der Waals surface area contributed by atoms with Gasteiger partial charge in [0.2, 0.25) is 5.88 Å². The molecule has 0 saturated carbocycles. The smallest absolute Gasteiger partial charge is 0.282 e. The molecule has 0 amide bonds. The zero-order valence-corrected chi connectivity index (χ0v) is 6.21. The molecule has 0 radical (unpaired) electrons. The van der Waals surface area contributed by atoms with Crippen LogP contribution in [0.5, 0.6) is 5.88 Å². The van der Waals surface area contributed by atoms with E-state index in [4.69, 9.17) is 4.74 Å². The van der Waals surface area contributed by atoms with Crippen molar-refractivity contribution in [3.8, 4) is 5.88 Å². The third-order valence-electron chi connectivity index (χ3n) is 1.29. The van der Waals surface area contributed by atoms with Gasteiger partial charge in [-0.05, 0) is 0 Å². The summed E-state index contributed by atoms with van der Waals surface area (Å²) in [5, 5.41) is 3.52. The zero-order chi connectivity index (χ0) is 8.43. The Kier molecular flexibility index (Phi) is 2.07. The van der Waals surface area contributed by atoms with Gasteiger partial charge in [-0.15, -0.1) is 0 Å². The summed E-state index contributed by atoms with van der Waals surface area (Å²) in [5.41, 5.74) is -0.260.